The van der Waals surface area contributed by atoms with E-state index in [2.05, 4.69) is 5.32 Å². The number of nitrogens with zero attached hydrogens (tertiary/aromatic N) is 1. The van der Waals surface area contributed by atoms with Crippen LogP contribution in [0.25, 0.3) is 0 Å². The molecule has 1 heterocycles. The van der Waals surface area contributed by atoms with Crippen LogP contribution in [0.5, 0.6) is 11.5 Å². The molecule has 0 fully saturated rings. The molecule has 0 radical (unpaired) electrons. The topological polar surface area (TPSA) is 105 Å². The highest BCUT2D eigenvalue weighted by atomic mass is 35.5. The Hall–Kier alpha value is -3.26. The molecule has 2 aromatic rings. The average molecular weight is 405 g/mol. The normalized spacial score (nSPS) is 15.5. The number of aromatic carboxylic acids is 1. The molecular weight excluding hydrogens is 388 g/mol. The van der Waals surface area contributed by atoms with Gasteiger partial charge in [0.2, 0.25) is 5.91 Å². The molecule has 8 nitrogen and oxygen atoms in total. The lowest BCUT2D eigenvalue weighted by atomic mass is 10.1. The van der Waals surface area contributed by atoms with Crippen LogP contribution in [-0.4, -0.2) is 42.6 Å². The maximum atomic E-state index is 12.5. The maximum Gasteiger partial charge on any atom is 0.335 e. The van der Waals surface area contributed by atoms with E-state index in [0.29, 0.717) is 22.2 Å². The van der Waals surface area contributed by atoms with Crippen LogP contribution < -0.4 is 19.7 Å². The molecule has 9 heteroatoms. The molecule has 2 aromatic carbocycles. The Kier molecular flexibility index (Phi) is 5.41. The smallest absolute Gasteiger partial charge is 0.335 e. The van der Waals surface area contributed by atoms with E-state index in [0.717, 1.165) is 0 Å². The van der Waals surface area contributed by atoms with Gasteiger partial charge in [-0.3, -0.25) is 14.5 Å². The first kappa shape index (κ1) is 19.5. The van der Waals surface area contributed by atoms with Gasteiger partial charge in [-0.15, -0.1) is 0 Å². The van der Waals surface area contributed by atoms with E-state index in [9.17, 15) is 19.5 Å². The number of carbonyl (C=O) groups excluding carboxylic acids is 2. The highest BCUT2D eigenvalue weighted by molar-refractivity contribution is 6.32. The summed E-state index contributed by atoms with van der Waals surface area (Å²) in [5.74, 6) is -1.27. The number of carbonyl (C=O) groups is 3. The number of carboxylic acid groups (broad SMARTS) is 1. The van der Waals surface area contributed by atoms with Crippen molar-refractivity contribution in [1.29, 1.82) is 0 Å². The molecule has 2 amide bonds. The maximum absolute atomic E-state index is 12.5. The van der Waals surface area contributed by atoms with E-state index in [1.807, 2.05) is 0 Å². The summed E-state index contributed by atoms with van der Waals surface area (Å²) in [6.45, 7) is 1.25. The van der Waals surface area contributed by atoms with Gasteiger partial charge in [-0.25, -0.2) is 4.79 Å². The molecule has 0 aliphatic carbocycles. The number of hydrogen-bond acceptors (Lipinski definition) is 5. The zero-order valence-electron chi connectivity index (χ0n) is 15.1. The SMILES string of the molecule is COc1ccc(NC(=O)CN2C(=O)C(C)Oc3ccc(C(=O)O)cc32)cc1Cl. The lowest BCUT2D eigenvalue weighted by molar-refractivity contribution is -0.127. The minimum Gasteiger partial charge on any atom is -0.495 e. The summed E-state index contributed by atoms with van der Waals surface area (Å²) >= 11 is 6.05. The number of carboxylic acids is 1. The van der Waals surface area contributed by atoms with Crippen molar-refractivity contribution in [2.24, 2.45) is 0 Å². The van der Waals surface area contributed by atoms with E-state index in [4.69, 9.17) is 21.1 Å². The van der Waals surface area contributed by atoms with Crippen LogP contribution in [0.2, 0.25) is 5.02 Å². The molecule has 28 heavy (non-hydrogen) atoms. The molecule has 1 atom stereocenters. The Morgan fingerprint density at radius 1 is 1.29 bits per heavy atom. The zero-order valence-corrected chi connectivity index (χ0v) is 15.8. The van der Waals surface area contributed by atoms with Gasteiger partial charge in [0.25, 0.3) is 5.91 Å². The Labute approximate surface area is 165 Å². The fourth-order valence-electron chi connectivity index (χ4n) is 2.79. The lowest BCUT2D eigenvalue weighted by Gasteiger charge is -2.32. The summed E-state index contributed by atoms with van der Waals surface area (Å²) < 4.78 is 10.6. The molecule has 1 aliphatic heterocycles. The molecular formula is C19H17ClN2O6. The number of anilines is 2. The van der Waals surface area contributed by atoms with Gasteiger partial charge in [0.05, 0.1) is 23.4 Å². The van der Waals surface area contributed by atoms with Crippen LogP contribution in [0.15, 0.2) is 36.4 Å². The van der Waals surface area contributed by atoms with Crippen molar-refractivity contribution in [1.82, 2.24) is 0 Å². The minimum atomic E-state index is -1.15. The molecule has 2 N–H and O–H groups in total. The first-order valence-corrected chi connectivity index (χ1v) is 8.66. The first-order valence-electron chi connectivity index (χ1n) is 8.29. The van der Waals surface area contributed by atoms with Crippen molar-refractivity contribution in [3.8, 4) is 11.5 Å². The van der Waals surface area contributed by atoms with E-state index in [1.54, 1.807) is 19.1 Å². The summed E-state index contributed by atoms with van der Waals surface area (Å²) in [6.07, 6.45) is -0.800. The molecule has 146 valence electrons. The van der Waals surface area contributed by atoms with E-state index >= 15 is 0 Å². The Balaban J connectivity index is 1.83. The quantitative estimate of drug-likeness (QED) is 0.793. The van der Waals surface area contributed by atoms with Crippen molar-refractivity contribution in [3.63, 3.8) is 0 Å². The molecule has 0 spiro atoms. The van der Waals surface area contributed by atoms with E-state index in [-0.39, 0.29) is 17.8 Å². The fourth-order valence-corrected chi connectivity index (χ4v) is 3.05. The second-order valence-electron chi connectivity index (χ2n) is 6.07. The van der Waals surface area contributed by atoms with Gasteiger partial charge in [-0.2, -0.15) is 0 Å². The number of benzene rings is 2. The van der Waals surface area contributed by atoms with E-state index in [1.165, 1.54) is 36.3 Å². The molecule has 1 aliphatic rings. The van der Waals surface area contributed by atoms with Gasteiger partial charge in [0.15, 0.2) is 6.10 Å². The van der Waals surface area contributed by atoms with Gasteiger partial charge in [-0.1, -0.05) is 11.6 Å². The third kappa shape index (κ3) is 3.86. The lowest BCUT2D eigenvalue weighted by Crippen LogP contribution is -2.47. The van der Waals surface area contributed by atoms with Crippen LogP contribution in [0.1, 0.15) is 17.3 Å². The van der Waals surface area contributed by atoms with Crippen LogP contribution in [0, 0.1) is 0 Å². The molecule has 0 bridgehead atoms. The first-order chi connectivity index (χ1) is 13.3. The Morgan fingerprint density at radius 3 is 2.68 bits per heavy atom. The highest BCUT2D eigenvalue weighted by Gasteiger charge is 2.33. The molecule has 0 aromatic heterocycles. The highest BCUT2D eigenvalue weighted by Crippen LogP contribution is 2.35. The van der Waals surface area contributed by atoms with Crippen molar-refractivity contribution in [2.75, 3.05) is 23.9 Å². The van der Waals surface area contributed by atoms with Crippen molar-refractivity contribution in [3.05, 3.63) is 47.0 Å². The summed E-state index contributed by atoms with van der Waals surface area (Å²) in [6, 6.07) is 8.89. The predicted octanol–water partition coefficient (Wildman–Crippen LogP) is 2.80. The number of methoxy groups -OCH3 is 1. The average Bonchev–Trinajstić information content (AvgIpc) is 2.65. The van der Waals surface area contributed by atoms with Crippen molar-refractivity contribution < 1.29 is 29.0 Å². The third-order valence-corrected chi connectivity index (χ3v) is 4.45. The standard InChI is InChI=1S/C19H17ClN2O6/c1-10-18(24)22(14-7-11(19(25)26)3-5-16(14)28-10)9-17(23)21-12-4-6-15(27-2)13(20)8-12/h3-8,10H,9H2,1-2H3,(H,21,23)(H,25,26). The number of rotatable bonds is 5. The summed E-state index contributed by atoms with van der Waals surface area (Å²) in [5.41, 5.74) is 0.645. The second kappa shape index (κ2) is 7.77. The summed E-state index contributed by atoms with van der Waals surface area (Å²) in [5, 5.41) is 12.2. The third-order valence-electron chi connectivity index (χ3n) is 4.15. The Bertz CT molecular complexity index is 961. The summed E-state index contributed by atoms with van der Waals surface area (Å²) in [7, 11) is 1.48. The van der Waals surface area contributed by atoms with Crippen molar-refractivity contribution in [2.45, 2.75) is 13.0 Å². The molecule has 0 saturated carbocycles. The van der Waals surface area contributed by atoms with Gasteiger partial charge >= 0.3 is 5.97 Å². The van der Waals surface area contributed by atoms with Crippen LogP contribution in [-0.2, 0) is 9.59 Å². The van der Waals surface area contributed by atoms with Crippen LogP contribution in [0.3, 0.4) is 0 Å². The minimum absolute atomic E-state index is 0.0166. The predicted molar refractivity (Wildman–Crippen MR) is 102 cm³/mol. The monoisotopic (exact) mass is 404 g/mol. The van der Waals surface area contributed by atoms with Gasteiger partial charge in [0.1, 0.15) is 18.0 Å². The largest absolute Gasteiger partial charge is 0.495 e. The number of nitrogens with one attached hydrogen (secondary N) is 1. The zero-order chi connectivity index (χ0) is 20.4. The van der Waals surface area contributed by atoms with Crippen LogP contribution >= 0.6 is 11.6 Å². The van der Waals surface area contributed by atoms with Gasteiger partial charge < -0.3 is 19.9 Å². The van der Waals surface area contributed by atoms with Gasteiger partial charge in [-0.05, 0) is 43.3 Å². The molecule has 3 rings (SSSR count). The van der Waals surface area contributed by atoms with Gasteiger partial charge in [0, 0.05) is 5.69 Å². The number of amides is 2. The van der Waals surface area contributed by atoms with Crippen LogP contribution in [0.4, 0.5) is 11.4 Å². The Morgan fingerprint density at radius 2 is 2.04 bits per heavy atom. The van der Waals surface area contributed by atoms with Crippen molar-refractivity contribution >= 4 is 40.8 Å². The number of hydrogen-bond donors (Lipinski definition) is 2. The molecule has 0 saturated heterocycles. The fraction of sp³-hybridized carbons (Fsp3) is 0.211. The number of ether oxygens (including phenoxy) is 2. The summed E-state index contributed by atoms with van der Waals surface area (Å²) in [4.78, 5) is 37.5. The number of fused-ring (bicyclic) bond motifs is 1. The number of halogens is 1. The second-order valence-corrected chi connectivity index (χ2v) is 6.48. The molecule has 1 unspecified atom stereocenters. The van der Waals surface area contributed by atoms with E-state index < -0.39 is 23.9 Å².